The number of halogens is 5. The summed E-state index contributed by atoms with van der Waals surface area (Å²) in [6.45, 7) is 9.92. The van der Waals surface area contributed by atoms with Gasteiger partial charge in [0.15, 0.2) is 5.75 Å². The minimum atomic E-state index is -4.99. The molecule has 0 aliphatic carbocycles. The number of ether oxygens (including phenoxy) is 1. The van der Waals surface area contributed by atoms with Gasteiger partial charge in [0, 0.05) is 18.7 Å². The number of aromatic nitrogens is 2. The Labute approximate surface area is 185 Å². The molecule has 0 unspecified atom stereocenters. The van der Waals surface area contributed by atoms with E-state index in [0.717, 1.165) is 7.05 Å². The van der Waals surface area contributed by atoms with Crippen molar-refractivity contribution in [3.05, 3.63) is 67.2 Å². The van der Waals surface area contributed by atoms with Gasteiger partial charge in [0.05, 0.1) is 16.1 Å². The lowest BCUT2D eigenvalue weighted by atomic mass is 9.97. The zero-order valence-electron chi connectivity index (χ0n) is 18.0. The van der Waals surface area contributed by atoms with Crippen molar-refractivity contribution in [1.82, 2.24) is 9.13 Å². The van der Waals surface area contributed by atoms with Gasteiger partial charge in [-0.25, -0.2) is 13.8 Å². The van der Waals surface area contributed by atoms with Crippen LogP contribution in [0.3, 0.4) is 0 Å². The molecule has 32 heavy (non-hydrogen) atoms. The first-order valence-electron chi connectivity index (χ1n) is 9.25. The number of esters is 1. The van der Waals surface area contributed by atoms with Crippen LogP contribution < -0.4 is 16.0 Å². The maximum absolute atomic E-state index is 15.0. The van der Waals surface area contributed by atoms with Crippen molar-refractivity contribution in [3.8, 4) is 11.4 Å². The van der Waals surface area contributed by atoms with Crippen molar-refractivity contribution in [2.24, 2.45) is 12.5 Å². The van der Waals surface area contributed by atoms with Crippen molar-refractivity contribution >= 4 is 17.6 Å². The number of carbonyl (C=O) groups excluding carboxylic acids is 1. The first-order valence-corrected chi connectivity index (χ1v) is 9.62. The maximum Gasteiger partial charge on any atom is 0.431 e. The van der Waals surface area contributed by atoms with Gasteiger partial charge in [-0.15, -0.1) is 0 Å². The smallest absolute Gasteiger partial charge is 0.424 e. The summed E-state index contributed by atoms with van der Waals surface area (Å²) in [5.41, 5.74) is -5.79. The van der Waals surface area contributed by atoms with Crippen LogP contribution in [-0.4, -0.2) is 15.1 Å². The van der Waals surface area contributed by atoms with Crippen LogP contribution in [0.25, 0.3) is 5.69 Å². The number of benzene rings is 1. The lowest BCUT2D eigenvalue weighted by Gasteiger charge is -2.22. The lowest BCUT2D eigenvalue weighted by molar-refractivity contribution is -0.144. The summed E-state index contributed by atoms with van der Waals surface area (Å²) >= 11 is 6.10. The third kappa shape index (κ3) is 4.95. The second-order valence-electron chi connectivity index (χ2n) is 8.31. The fraction of sp³-hybridized carbons (Fsp3) is 0.381. The molecule has 1 aromatic heterocycles. The normalized spacial score (nSPS) is 12.1. The average Bonchev–Trinajstić information content (AvgIpc) is 2.61. The van der Waals surface area contributed by atoms with E-state index in [1.54, 1.807) is 27.7 Å². The molecule has 6 nitrogen and oxygen atoms in total. The van der Waals surface area contributed by atoms with E-state index in [1.165, 1.54) is 0 Å². The van der Waals surface area contributed by atoms with Crippen LogP contribution in [-0.2, 0) is 24.4 Å². The molecule has 0 saturated carbocycles. The number of hydrogen-bond acceptors (Lipinski definition) is 4. The highest BCUT2D eigenvalue weighted by Crippen LogP contribution is 2.37. The quantitative estimate of drug-likeness (QED) is 0.283. The van der Waals surface area contributed by atoms with Crippen LogP contribution >= 0.6 is 11.6 Å². The Hall–Kier alpha value is -2.88. The molecule has 0 fully saturated rings. The number of nitrogens with zero attached hydrogens (tertiary/aromatic N) is 2. The monoisotopic (exact) mass is 476 g/mol. The fourth-order valence-corrected chi connectivity index (χ4v) is 3.06. The molecule has 0 N–H and O–H groups in total. The summed E-state index contributed by atoms with van der Waals surface area (Å²) < 4.78 is 60.4. The number of alkyl halides is 3. The summed E-state index contributed by atoms with van der Waals surface area (Å²) in [4.78, 5) is 37.7. The molecule has 2 aromatic rings. The Bertz CT molecular complexity index is 1220. The van der Waals surface area contributed by atoms with E-state index in [4.69, 9.17) is 16.3 Å². The van der Waals surface area contributed by atoms with Crippen LogP contribution in [0.1, 0.15) is 39.0 Å². The van der Waals surface area contributed by atoms with Crippen molar-refractivity contribution in [1.29, 1.82) is 0 Å². The van der Waals surface area contributed by atoms with Crippen LogP contribution in [0.15, 0.2) is 33.9 Å². The fourth-order valence-electron chi connectivity index (χ4n) is 2.81. The highest BCUT2D eigenvalue weighted by Gasteiger charge is 2.36. The largest absolute Gasteiger partial charge is 0.431 e. The molecular formula is C21H21ClF4N2O4. The molecule has 0 bridgehead atoms. The summed E-state index contributed by atoms with van der Waals surface area (Å²) in [5.74, 6) is -2.23. The Morgan fingerprint density at radius 3 is 2.22 bits per heavy atom. The van der Waals surface area contributed by atoms with Crippen molar-refractivity contribution < 1.29 is 27.1 Å². The van der Waals surface area contributed by atoms with Gasteiger partial charge in [-0.2, -0.15) is 13.2 Å². The minimum Gasteiger partial charge on any atom is -0.424 e. The van der Waals surface area contributed by atoms with Gasteiger partial charge < -0.3 is 4.74 Å². The maximum atomic E-state index is 15.0. The molecule has 0 radical (unpaired) electrons. The Kier molecular flexibility index (Phi) is 6.80. The van der Waals surface area contributed by atoms with Gasteiger partial charge in [-0.3, -0.25) is 14.2 Å². The minimum absolute atomic E-state index is 0.181. The van der Waals surface area contributed by atoms with E-state index >= 15 is 4.39 Å². The standard InChI is InChI=1S/C21H21ClF4N2O4/c1-10(2)7-11-16(13(23)8-12(22)17(11)32-18(30)20(3,4)5)28-15(29)9-14(21(24,25)26)27(6)19(28)31/h8-9H,1,7H2,2-6H3. The molecule has 2 rings (SSSR count). The molecule has 0 spiro atoms. The van der Waals surface area contributed by atoms with Crippen LogP contribution in [0.5, 0.6) is 5.75 Å². The molecule has 0 saturated heterocycles. The van der Waals surface area contributed by atoms with Crippen LogP contribution in [0.4, 0.5) is 17.6 Å². The van der Waals surface area contributed by atoms with Crippen molar-refractivity contribution in [3.63, 3.8) is 0 Å². The highest BCUT2D eigenvalue weighted by atomic mass is 35.5. The highest BCUT2D eigenvalue weighted by molar-refractivity contribution is 6.32. The SMILES string of the molecule is C=C(C)Cc1c(OC(=O)C(C)(C)C)c(Cl)cc(F)c1-n1c(=O)cc(C(F)(F)F)n(C)c1=O. The summed E-state index contributed by atoms with van der Waals surface area (Å²) in [7, 11) is 0.799. The molecule has 1 aromatic carbocycles. The molecule has 0 amide bonds. The van der Waals surface area contributed by atoms with Gasteiger partial charge >= 0.3 is 17.8 Å². The number of hydrogen-bond donors (Lipinski definition) is 0. The predicted octanol–water partition coefficient (Wildman–Crippen LogP) is 4.42. The average molecular weight is 477 g/mol. The van der Waals surface area contributed by atoms with Crippen molar-refractivity contribution in [2.45, 2.75) is 40.3 Å². The zero-order chi connectivity index (χ0) is 24.8. The third-order valence-corrected chi connectivity index (χ3v) is 4.66. The summed E-state index contributed by atoms with van der Waals surface area (Å²) in [5, 5.41) is -0.322. The van der Waals surface area contributed by atoms with Gasteiger partial charge in [0.2, 0.25) is 0 Å². The Morgan fingerprint density at radius 2 is 1.75 bits per heavy atom. The van der Waals surface area contributed by atoms with Gasteiger partial charge in [-0.05, 0) is 40.2 Å². The van der Waals surface area contributed by atoms with E-state index in [2.05, 4.69) is 6.58 Å². The Morgan fingerprint density at radius 1 is 1.19 bits per heavy atom. The first kappa shape index (κ1) is 25.4. The number of rotatable bonds is 4. The number of allylic oxidation sites excluding steroid dienone is 1. The molecule has 0 aliphatic heterocycles. The molecule has 11 heteroatoms. The summed E-state index contributed by atoms with van der Waals surface area (Å²) in [6, 6.07) is 0.897. The molecular weight excluding hydrogens is 456 g/mol. The second kappa shape index (κ2) is 8.57. The van der Waals surface area contributed by atoms with Crippen LogP contribution in [0.2, 0.25) is 5.02 Å². The third-order valence-electron chi connectivity index (χ3n) is 4.38. The van der Waals surface area contributed by atoms with E-state index in [0.29, 0.717) is 11.6 Å². The first-order chi connectivity index (χ1) is 14.5. The second-order valence-corrected chi connectivity index (χ2v) is 8.72. The topological polar surface area (TPSA) is 70.3 Å². The number of carbonyl (C=O) groups is 1. The van der Waals surface area contributed by atoms with E-state index < -0.39 is 46.0 Å². The zero-order valence-corrected chi connectivity index (χ0v) is 18.7. The van der Waals surface area contributed by atoms with Crippen LogP contribution in [0, 0.1) is 11.2 Å². The van der Waals surface area contributed by atoms with Crippen molar-refractivity contribution in [2.75, 3.05) is 0 Å². The Balaban J connectivity index is 2.97. The molecule has 1 heterocycles. The molecule has 174 valence electrons. The molecule has 0 atom stereocenters. The van der Waals surface area contributed by atoms with Gasteiger partial charge in [0.1, 0.15) is 11.5 Å². The van der Waals surface area contributed by atoms with Gasteiger partial charge in [0.25, 0.3) is 5.56 Å². The van der Waals surface area contributed by atoms with E-state index in [9.17, 15) is 27.6 Å². The summed E-state index contributed by atoms with van der Waals surface area (Å²) in [6.07, 6.45) is -5.17. The predicted molar refractivity (Wildman–Crippen MR) is 111 cm³/mol. The van der Waals surface area contributed by atoms with E-state index in [-0.39, 0.29) is 38.0 Å². The lowest BCUT2D eigenvalue weighted by Crippen LogP contribution is -2.41. The van der Waals surface area contributed by atoms with Gasteiger partial charge in [-0.1, -0.05) is 23.8 Å². The van der Waals surface area contributed by atoms with E-state index in [1.807, 2.05) is 0 Å². The molecule has 0 aliphatic rings.